The van der Waals surface area contributed by atoms with E-state index >= 15 is 0 Å². The van der Waals surface area contributed by atoms with Crippen LogP contribution in [-0.4, -0.2) is 65.8 Å². The lowest BCUT2D eigenvalue weighted by molar-refractivity contribution is -0.0723. The van der Waals surface area contributed by atoms with Gasteiger partial charge in [0.15, 0.2) is 0 Å². The number of ether oxygens (including phenoxy) is 3. The molecule has 9 nitrogen and oxygen atoms in total. The zero-order valence-electron chi connectivity index (χ0n) is 19.6. The number of hydrogen-bond donors (Lipinski definition) is 1. The first-order valence-electron chi connectivity index (χ1n) is 10.6. The van der Waals surface area contributed by atoms with Crippen LogP contribution in [0.2, 0.25) is 5.15 Å². The van der Waals surface area contributed by atoms with Crippen molar-refractivity contribution in [3.05, 3.63) is 40.8 Å². The molecule has 0 unspecified atom stereocenters. The predicted octanol–water partition coefficient (Wildman–Crippen LogP) is 3.86. The molecule has 1 aliphatic rings. The predicted molar refractivity (Wildman–Crippen MR) is 124 cm³/mol. The molecule has 10 heteroatoms. The Balaban J connectivity index is 1.98. The van der Waals surface area contributed by atoms with Gasteiger partial charge in [0.25, 0.3) is 5.91 Å². The summed E-state index contributed by atoms with van der Waals surface area (Å²) in [7, 11) is 3.04. The molecule has 1 N–H and O–H groups in total. The van der Waals surface area contributed by atoms with Gasteiger partial charge in [0.1, 0.15) is 28.3 Å². The third-order valence-electron chi connectivity index (χ3n) is 5.16. The highest BCUT2D eigenvalue weighted by molar-refractivity contribution is 6.29. The fraction of sp³-hybridized carbons (Fsp3) is 0.478. The van der Waals surface area contributed by atoms with Crippen LogP contribution in [0.5, 0.6) is 5.75 Å². The summed E-state index contributed by atoms with van der Waals surface area (Å²) >= 11 is 6.37. The van der Waals surface area contributed by atoms with Crippen molar-refractivity contribution >= 4 is 23.6 Å². The lowest BCUT2D eigenvalue weighted by Gasteiger charge is -2.40. The molecular formula is C23H29ClN4O5. The summed E-state index contributed by atoms with van der Waals surface area (Å²) in [5.74, 6) is 0.106. The minimum absolute atomic E-state index is 0.218. The van der Waals surface area contributed by atoms with Crippen LogP contribution in [0, 0.1) is 0 Å². The summed E-state index contributed by atoms with van der Waals surface area (Å²) in [6, 6.07) is 4.81. The Morgan fingerprint density at radius 3 is 2.64 bits per heavy atom. The SMILES string of the molecule is CNC(=O)c1cc(-c2cc([C@@H]3OCCN(C(=O)OC(C)(C)C)[C@H]3C)cc(Cl)n2)c(OC)cn1. The molecule has 2 amide bonds. The highest BCUT2D eigenvalue weighted by atomic mass is 35.5. The number of pyridine rings is 2. The van der Waals surface area contributed by atoms with Crippen molar-refractivity contribution < 1.29 is 23.8 Å². The fourth-order valence-corrected chi connectivity index (χ4v) is 3.83. The zero-order valence-corrected chi connectivity index (χ0v) is 20.4. The Morgan fingerprint density at radius 2 is 2.00 bits per heavy atom. The monoisotopic (exact) mass is 476 g/mol. The van der Waals surface area contributed by atoms with E-state index in [1.54, 1.807) is 17.0 Å². The Morgan fingerprint density at radius 1 is 1.27 bits per heavy atom. The van der Waals surface area contributed by atoms with Gasteiger partial charge in [-0.05, 0) is 51.5 Å². The molecule has 0 radical (unpaired) electrons. The number of carbonyl (C=O) groups is 2. The third kappa shape index (κ3) is 5.72. The van der Waals surface area contributed by atoms with Crippen LogP contribution in [0.15, 0.2) is 24.4 Å². The van der Waals surface area contributed by atoms with E-state index in [2.05, 4.69) is 15.3 Å². The molecule has 1 fully saturated rings. The van der Waals surface area contributed by atoms with Crippen molar-refractivity contribution in [2.24, 2.45) is 0 Å². The van der Waals surface area contributed by atoms with Crippen molar-refractivity contribution in [1.82, 2.24) is 20.2 Å². The number of hydrogen-bond acceptors (Lipinski definition) is 7. The maximum absolute atomic E-state index is 12.7. The van der Waals surface area contributed by atoms with Gasteiger partial charge in [-0.2, -0.15) is 0 Å². The van der Waals surface area contributed by atoms with Crippen LogP contribution >= 0.6 is 11.6 Å². The third-order valence-corrected chi connectivity index (χ3v) is 5.35. The first-order valence-corrected chi connectivity index (χ1v) is 11.0. The maximum atomic E-state index is 12.7. The molecule has 2 atom stereocenters. The summed E-state index contributed by atoms with van der Waals surface area (Å²) in [6.07, 6.45) is 0.623. The molecule has 0 saturated carbocycles. The van der Waals surface area contributed by atoms with Crippen LogP contribution in [0.4, 0.5) is 4.79 Å². The molecule has 1 aliphatic heterocycles. The van der Waals surface area contributed by atoms with Gasteiger partial charge < -0.3 is 24.4 Å². The molecule has 2 aromatic heterocycles. The van der Waals surface area contributed by atoms with Crippen LogP contribution in [0.25, 0.3) is 11.3 Å². The summed E-state index contributed by atoms with van der Waals surface area (Å²) in [5.41, 5.74) is 1.41. The Bertz CT molecular complexity index is 1040. The van der Waals surface area contributed by atoms with Crippen molar-refractivity contribution in [1.29, 1.82) is 0 Å². The zero-order chi connectivity index (χ0) is 24.3. The van der Waals surface area contributed by atoms with Gasteiger partial charge in [-0.15, -0.1) is 0 Å². The van der Waals surface area contributed by atoms with Crippen molar-refractivity contribution in [3.8, 4) is 17.0 Å². The van der Waals surface area contributed by atoms with Crippen molar-refractivity contribution in [2.45, 2.75) is 45.4 Å². The minimum Gasteiger partial charge on any atom is -0.494 e. The Labute approximate surface area is 198 Å². The van der Waals surface area contributed by atoms with E-state index in [-0.39, 0.29) is 22.8 Å². The standard InChI is InChI=1S/C23H29ClN4O5/c1-13-20(32-8-7-28(13)22(30)33-23(2,3)4)14-9-16(27-19(24)10-14)15-11-17(21(29)25-5)26-12-18(15)31-6/h9-13,20H,7-8H2,1-6H3,(H,25,29)/t13-,20+/m0/s1. The molecule has 0 aromatic carbocycles. The van der Waals surface area contributed by atoms with Gasteiger partial charge in [-0.25, -0.2) is 14.8 Å². The molecule has 178 valence electrons. The van der Waals surface area contributed by atoms with E-state index < -0.39 is 17.8 Å². The van der Waals surface area contributed by atoms with Crippen LogP contribution in [0.3, 0.4) is 0 Å². The molecule has 3 heterocycles. The largest absolute Gasteiger partial charge is 0.494 e. The number of halogens is 1. The summed E-state index contributed by atoms with van der Waals surface area (Å²) < 4.78 is 17.0. The number of nitrogens with one attached hydrogen (secondary N) is 1. The first kappa shape index (κ1) is 24.7. The molecule has 2 aromatic rings. The number of rotatable bonds is 4. The highest BCUT2D eigenvalue weighted by Crippen LogP contribution is 2.35. The molecule has 3 rings (SSSR count). The van der Waals surface area contributed by atoms with Gasteiger partial charge >= 0.3 is 6.09 Å². The number of carbonyl (C=O) groups excluding carboxylic acids is 2. The summed E-state index contributed by atoms with van der Waals surface area (Å²) in [6.45, 7) is 8.17. The molecular weight excluding hydrogens is 448 g/mol. The van der Waals surface area contributed by atoms with Gasteiger partial charge in [0.2, 0.25) is 0 Å². The second-order valence-corrected chi connectivity index (χ2v) is 9.05. The minimum atomic E-state index is -0.599. The second kappa shape index (κ2) is 9.93. The Kier molecular flexibility index (Phi) is 7.44. The smallest absolute Gasteiger partial charge is 0.410 e. The van der Waals surface area contributed by atoms with Crippen LogP contribution < -0.4 is 10.1 Å². The van der Waals surface area contributed by atoms with E-state index in [9.17, 15) is 9.59 Å². The lowest BCUT2D eigenvalue weighted by Crippen LogP contribution is -2.50. The average Bonchev–Trinajstić information content (AvgIpc) is 2.76. The van der Waals surface area contributed by atoms with E-state index in [0.717, 1.165) is 5.56 Å². The van der Waals surface area contributed by atoms with E-state index in [1.165, 1.54) is 20.4 Å². The quantitative estimate of drug-likeness (QED) is 0.668. The first-order chi connectivity index (χ1) is 15.5. The summed E-state index contributed by atoms with van der Waals surface area (Å²) in [4.78, 5) is 35.0. The van der Waals surface area contributed by atoms with Crippen LogP contribution in [-0.2, 0) is 9.47 Å². The lowest BCUT2D eigenvalue weighted by atomic mass is 9.99. The fourth-order valence-electron chi connectivity index (χ4n) is 3.61. The Hall–Kier alpha value is -2.91. The number of amides is 2. The second-order valence-electron chi connectivity index (χ2n) is 8.66. The topological polar surface area (TPSA) is 103 Å². The summed E-state index contributed by atoms with van der Waals surface area (Å²) in [5, 5.41) is 2.79. The number of aromatic nitrogens is 2. The van der Waals surface area contributed by atoms with Crippen LogP contribution in [0.1, 0.15) is 49.9 Å². The van der Waals surface area contributed by atoms with Gasteiger partial charge in [-0.3, -0.25) is 4.79 Å². The maximum Gasteiger partial charge on any atom is 0.410 e. The number of nitrogens with zero attached hydrogens (tertiary/aromatic N) is 3. The van der Waals surface area contributed by atoms with Gasteiger partial charge in [0, 0.05) is 19.2 Å². The molecule has 0 aliphatic carbocycles. The molecule has 0 spiro atoms. The van der Waals surface area contributed by atoms with Crippen molar-refractivity contribution in [3.63, 3.8) is 0 Å². The van der Waals surface area contributed by atoms with E-state index in [0.29, 0.717) is 30.2 Å². The molecule has 33 heavy (non-hydrogen) atoms. The van der Waals surface area contributed by atoms with Crippen molar-refractivity contribution in [2.75, 3.05) is 27.3 Å². The van der Waals surface area contributed by atoms with Gasteiger partial charge in [0.05, 0.1) is 31.6 Å². The van der Waals surface area contributed by atoms with Gasteiger partial charge in [-0.1, -0.05) is 11.6 Å². The van der Waals surface area contributed by atoms with E-state index in [1.807, 2.05) is 33.8 Å². The number of morpholine rings is 1. The average molecular weight is 477 g/mol. The molecule has 0 bridgehead atoms. The molecule has 1 saturated heterocycles. The number of methoxy groups -OCH3 is 1. The highest BCUT2D eigenvalue weighted by Gasteiger charge is 2.36. The normalized spacial score (nSPS) is 18.6. The van der Waals surface area contributed by atoms with E-state index in [4.69, 9.17) is 25.8 Å².